The van der Waals surface area contributed by atoms with E-state index in [1.54, 1.807) is 23.1 Å². The van der Waals surface area contributed by atoms with E-state index in [4.69, 9.17) is 4.98 Å². The van der Waals surface area contributed by atoms with Crippen molar-refractivity contribution in [1.29, 1.82) is 0 Å². The van der Waals surface area contributed by atoms with E-state index in [2.05, 4.69) is 45.8 Å². The Balaban J connectivity index is 1.26. The van der Waals surface area contributed by atoms with Crippen molar-refractivity contribution in [2.45, 2.75) is 24.5 Å². The van der Waals surface area contributed by atoms with Crippen LogP contribution < -0.4 is 0 Å². The Labute approximate surface area is 195 Å². The molecule has 3 heterocycles. The van der Waals surface area contributed by atoms with Crippen molar-refractivity contribution in [3.8, 4) is 10.4 Å². The molecular formula is C25H24N4OS2. The number of thiazole rings is 1. The fourth-order valence-corrected chi connectivity index (χ4v) is 7.04. The van der Waals surface area contributed by atoms with Crippen LogP contribution in [-0.4, -0.2) is 43.7 Å². The van der Waals surface area contributed by atoms with E-state index >= 15 is 0 Å². The number of fused-ring (bicyclic) bond motifs is 2. The average molecular weight is 461 g/mol. The fourth-order valence-electron chi connectivity index (χ4n) is 4.92. The minimum atomic E-state index is 0.0796. The molecule has 1 amide bonds. The topological polar surface area (TPSA) is 51.0 Å². The van der Waals surface area contributed by atoms with E-state index in [0.29, 0.717) is 17.5 Å². The maximum absolute atomic E-state index is 13.7. The van der Waals surface area contributed by atoms with Crippen LogP contribution in [0.5, 0.6) is 0 Å². The first-order valence-corrected chi connectivity index (χ1v) is 12.8. The van der Waals surface area contributed by atoms with Crippen LogP contribution >= 0.6 is 23.1 Å². The lowest BCUT2D eigenvalue weighted by Crippen LogP contribution is -2.40. The molecule has 1 aliphatic heterocycles. The summed E-state index contributed by atoms with van der Waals surface area (Å²) in [6, 6.07) is 18.6. The van der Waals surface area contributed by atoms with E-state index in [1.807, 2.05) is 37.3 Å². The summed E-state index contributed by atoms with van der Waals surface area (Å²) in [4.78, 5) is 26.2. The minimum Gasteiger partial charge on any atom is -0.333 e. The molecule has 162 valence electrons. The molecule has 5 nitrogen and oxygen atoms in total. The van der Waals surface area contributed by atoms with E-state index in [1.165, 1.54) is 6.42 Å². The second kappa shape index (κ2) is 7.74. The molecule has 32 heavy (non-hydrogen) atoms. The molecule has 4 aromatic rings. The van der Waals surface area contributed by atoms with Gasteiger partial charge in [0, 0.05) is 25.4 Å². The second-order valence-electron chi connectivity index (χ2n) is 8.71. The van der Waals surface area contributed by atoms with Crippen molar-refractivity contribution < 1.29 is 4.79 Å². The predicted octanol–water partition coefficient (Wildman–Crippen LogP) is 5.26. The van der Waals surface area contributed by atoms with Gasteiger partial charge in [-0.1, -0.05) is 54.2 Å². The number of likely N-dealkylation sites (tertiary alicyclic amines) is 1. The third kappa shape index (κ3) is 3.35. The average Bonchev–Trinajstić information content (AvgIpc) is 3.16. The SMILES string of the molecule is Cc1nc(C(=O)N2C[C@H]3C[C@H]3[C@H]2CSc2nc3ccccc3n2C)c(-c2ccccc2)s1. The molecule has 1 saturated heterocycles. The van der Waals surface area contributed by atoms with Crippen LogP contribution in [0.25, 0.3) is 21.5 Å². The van der Waals surface area contributed by atoms with Gasteiger partial charge in [0.05, 0.1) is 20.9 Å². The summed E-state index contributed by atoms with van der Waals surface area (Å²) in [5, 5.41) is 1.94. The summed E-state index contributed by atoms with van der Waals surface area (Å²) >= 11 is 3.37. The van der Waals surface area contributed by atoms with Crippen LogP contribution in [0.15, 0.2) is 59.8 Å². The number of piperidine rings is 1. The molecular weight excluding hydrogens is 436 g/mol. The number of thioether (sulfide) groups is 1. The lowest BCUT2D eigenvalue weighted by Gasteiger charge is -2.27. The molecule has 0 radical (unpaired) electrons. The van der Waals surface area contributed by atoms with Crippen molar-refractivity contribution >= 4 is 40.0 Å². The molecule has 2 fully saturated rings. The van der Waals surface area contributed by atoms with Crippen molar-refractivity contribution in [2.24, 2.45) is 18.9 Å². The number of benzene rings is 2. The zero-order valence-corrected chi connectivity index (χ0v) is 19.7. The Morgan fingerprint density at radius 2 is 1.91 bits per heavy atom. The molecule has 1 aliphatic carbocycles. The van der Waals surface area contributed by atoms with Crippen molar-refractivity contribution in [3.63, 3.8) is 0 Å². The van der Waals surface area contributed by atoms with Crippen molar-refractivity contribution in [2.75, 3.05) is 12.3 Å². The molecule has 2 aromatic carbocycles. The number of imidazole rings is 1. The smallest absolute Gasteiger partial charge is 0.274 e. The zero-order valence-electron chi connectivity index (χ0n) is 18.1. The molecule has 0 unspecified atom stereocenters. The zero-order chi connectivity index (χ0) is 21.8. The highest BCUT2D eigenvalue weighted by molar-refractivity contribution is 7.99. The summed E-state index contributed by atoms with van der Waals surface area (Å²) in [6.45, 7) is 2.83. The summed E-state index contributed by atoms with van der Waals surface area (Å²) in [5.41, 5.74) is 3.84. The van der Waals surface area contributed by atoms with Crippen LogP contribution in [0.3, 0.4) is 0 Å². The molecule has 7 heteroatoms. The number of amides is 1. The van der Waals surface area contributed by atoms with Gasteiger partial charge >= 0.3 is 0 Å². The van der Waals surface area contributed by atoms with Crippen molar-refractivity contribution in [1.82, 2.24) is 19.4 Å². The molecule has 1 saturated carbocycles. The van der Waals surface area contributed by atoms with Gasteiger partial charge in [-0.3, -0.25) is 4.79 Å². The number of aromatic nitrogens is 3. The van der Waals surface area contributed by atoms with Gasteiger partial charge in [-0.25, -0.2) is 9.97 Å². The Morgan fingerprint density at radius 1 is 1.12 bits per heavy atom. The molecule has 0 N–H and O–H groups in total. The minimum absolute atomic E-state index is 0.0796. The highest BCUT2D eigenvalue weighted by atomic mass is 32.2. The van der Waals surface area contributed by atoms with E-state index in [9.17, 15) is 4.79 Å². The van der Waals surface area contributed by atoms with E-state index < -0.39 is 0 Å². The number of carbonyl (C=O) groups excluding carboxylic acids is 1. The Hall–Kier alpha value is -2.64. The lowest BCUT2D eigenvalue weighted by molar-refractivity contribution is 0.0718. The second-order valence-corrected chi connectivity index (χ2v) is 10.9. The third-order valence-electron chi connectivity index (χ3n) is 6.67. The van der Waals surface area contributed by atoms with Gasteiger partial charge in [0.25, 0.3) is 5.91 Å². The largest absolute Gasteiger partial charge is 0.333 e. The van der Waals surface area contributed by atoms with Crippen LogP contribution in [0.2, 0.25) is 0 Å². The van der Waals surface area contributed by atoms with Gasteiger partial charge in [0.2, 0.25) is 0 Å². The highest BCUT2D eigenvalue weighted by Gasteiger charge is 2.54. The van der Waals surface area contributed by atoms with Gasteiger partial charge in [0.15, 0.2) is 5.16 Å². The number of rotatable bonds is 5. The first-order valence-electron chi connectivity index (χ1n) is 11.0. The number of aryl methyl sites for hydroxylation is 2. The number of carbonyl (C=O) groups is 1. The molecule has 3 atom stereocenters. The van der Waals surface area contributed by atoms with Crippen LogP contribution in [0, 0.1) is 18.8 Å². The van der Waals surface area contributed by atoms with Gasteiger partial charge in [-0.05, 0) is 42.9 Å². The quantitative estimate of drug-likeness (QED) is 0.381. The van der Waals surface area contributed by atoms with Gasteiger partial charge in [0.1, 0.15) is 5.69 Å². The standard InChI is InChI=1S/C25H24N4OS2/c1-15-26-22(23(32-15)16-8-4-3-5-9-16)24(30)29-13-17-12-18(17)21(29)14-31-25-27-19-10-6-7-11-20(19)28(25)2/h3-11,17-18,21H,12-14H2,1-2H3/t17-,18-,21-/m1/s1. The first kappa shape index (κ1) is 20.0. The Bertz CT molecular complexity index is 1310. The molecule has 0 spiro atoms. The van der Waals surface area contributed by atoms with Gasteiger partial charge in [-0.15, -0.1) is 11.3 Å². The predicted molar refractivity (Wildman–Crippen MR) is 130 cm³/mol. The fraction of sp³-hybridized carbons (Fsp3) is 0.320. The third-order valence-corrected chi connectivity index (χ3v) is 8.82. The first-order chi connectivity index (χ1) is 15.6. The summed E-state index contributed by atoms with van der Waals surface area (Å²) in [5.74, 6) is 2.20. The van der Waals surface area contributed by atoms with E-state index in [-0.39, 0.29) is 11.9 Å². The van der Waals surface area contributed by atoms with Gasteiger partial charge < -0.3 is 9.47 Å². The maximum Gasteiger partial charge on any atom is 0.274 e. The Kier molecular flexibility index (Phi) is 4.84. The highest BCUT2D eigenvalue weighted by Crippen LogP contribution is 2.51. The lowest BCUT2D eigenvalue weighted by atomic mass is 10.1. The van der Waals surface area contributed by atoms with Crippen LogP contribution in [0.4, 0.5) is 0 Å². The number of hydrogen-bond acceptors (Lipinski definition) is 5. The van der Waals surface area contributed by atoms with Crippen molar-refractivity contribution in [3.05, 3.63) is 65.3 Å². The maximum atomic E-state index is 13.7. The van der Waals surface area contributed by atoms with Crippen LogP contribution in [0.1, 0.15) is 21.9 Å². The van der Waals surface area contributed by atoms with Gasteiger partial charge in [-0.2, -0.15) is 0 Å². The molecule has 2 aromatic heterocycles. The summed E-state index contributed by atoms with van der Waals surface area (Å²) in [6.07, 6.45) is 1.24. The van der Waals surface area contributed by atoms with Crippen LogP contribution in [-0.2, 0) is 7.05 Å². The normalized spacial score (nSPS) is 21.8. The number of para-hydroxylation sites is 2. The molecule has 6 rings (SSSR count). The monoisotopic (exact) mass is 460 g/mol. The Morgan fingerprint density at radius 3 is 2.72 bits per heavy atom. The molecule has 0 bridgehead atoms. The van der Waals surface area contributed by atoms with E-state index in [0.717, 1.165) is 43.9 Å². The summed E-state index contributed by atoms with van der Waals surface area (Å²) < 4.78 is 2.16. The number of hydrogen-bond donors (Lipinski definition) is 0. The molecule has 2 aliphatic rings. The number of nitrogens with zero attached hydrogens (tertiary/aromatic N) is 4. The summed E-state index contributed by atoms with van der Waals surface area (Å²) in [7, 11) is 2.07.